The molecular weight excluding hydrogens is 378 g/mol. The molecule has 0 aromatic heterocycles. The molecule has 5 nitrogen and oxygen atoms in total. The summed E-state index contributed by atoms with van der Waals surface area (Å²) in [6.07, 6.45) is 0. The van der Waals surface area contributed by atoms with Crippen LogP contribution in [0, 0.1) is 11.6 Å². The van der Waals surface area contributed by atoms with Gasteiger partial charge in [0.1, 0.15) is 17.5 Å². The van der Waals surface area contributed by atoms with Crippen molar-refractivity contribution in [1.29, 1.82) is 0 Å². The molecule has 2 amide bonds. The van der Waals surface area contributed by atoms with Crippen molar-refractivity contribution in [3.8, 4) is 11.5 Å². The zero-order valence-corrected chi connectivity index (χ0v) is 15.5. The van der Waals surface area contributed by atoms with Crippen LogP contribution in [0.1, 0.15) is 22.0 Å². The van der Waals surface area contributed by atoms with Gasteiger partial charge in [0.15, 0.2) is 11.6 Å². The van der Waals surface area contributed by atoms with Crippen LogP contribution in [0.4, 0.5) is 8.78 Å². The molecule has 0 fully saturated rings. The molecule has 3 aromatic carbocycles. The third-order valence-corrected chi connectivity index (χ3v) is 4.14. The highest BCUT2D eigenvalue weighted by molar-refractivity contribution is 5.98. The number of rotatable bonds is 6. The van der Waals surface area contributed by atoms with Gasteiger partial charge in [-0.3, -0.25) is 9.59 Å². The molecule has 7 heteroatoms. The highest BCUT2D eigenvalue weighted by atomic mass is 19.2. The number of carbonyl (C=O) groups is 2. The molecule has 3 rings (SSSR count). The van der Waals surface area contributed by atoms with Crippen molar-refractivity contribution in [1.82, 2.24) is 10.6 Å². The van der Waals surface area contributed by atoms with Gasteiger partial charge in [0.05, 0.1) is 0 Å². The van der Waals surface area contributed by atoms with E-state index in [1.54, 1.807) is 30.3 Å². The van der Waals surface area contributed by atoms with Gasteiger partial charge in [-0.05, 0) is 48.0 Å². The quantitative estimate of drug-likeness (QED) is 0.663. The van der Waals surface area contributed by atoms with Gasteiger partial charge in [-0.25, -0.2) is 8.78 Å². The van der Waals surface area contributed by atoms with E-state index in [-0.39, 0.29) is 11.1 Å². The molecular formula is C22H18F2N2O3. The lowest BCUT2D eigenvalue weighted by atomic mass is 10.0. The summed E-state index contributed by atoms with van der Waals surface area (Å²) in [6, 6.07) is 17.3. The number of hydrogen-bond donors (Lipinski definition) is 2. The predicted octanol–water partition coefficient (Wildman–Crippen LogP) is 3.97. The van der Waals surface area contributed by atoms with Gasteiger partial charge >= 0.3 is 0 Å². The van der Waals surface area contributed by atoms with E-state index in [1.807, 2.05) is 18.2 Å². The molecule has 0 heterocycles. The minimum Gasteiger partial charge on any atom is -0.457 e. The summed E-state index contributed by atoms with van der Waals surface area (Å²) in [6.45, 7) is 0. The predicted molar refractivity (Wildman–Crippen MR) is 104 cm³/mol. The first-order valence-corrected chi connectivity index (χ1v) is 8.78. The molecule has 3 aromatic rings. The molecule has 0 radical (unpaired) electrons. The summed E-state index contributed by atoms with van der Waals surface area (Å²) in [4.78, 5) is 24.9. The molecule has 0 aliphatic carbocycles. The summed E-state index contributed by atoms with van der Waals surface area (Å²) >= 11 is 0. The molecule has 2 N–H and O–H groups in total. The van der Waals surface area contributed by atoms with Crippen LogP contribution in [0.25, 0.3) is 0 Å². The number of carbonyl (C=O) groups excluding carboxylic acids is 2. The number of para-hydroxylation sites is 1. The molecule has 0 aliphatic rings. The van der Waals surface area contributed by atoms with Crippen molar-refractivity contribution in [2.24, 2.45) is 0 Å². The van der Waals surface area contributed by atoms with Crippen LogP contribution in [-0.4, -0.2) is 18.9 Å². The van der Waals surface area contributed by atoms with Crippen molar-refractivity contribution < 1.29 is 23.1 Å². The normalized spacial score (nSPS) is 11.4. The number of amides is 2. The number of halogens is 2. The second-order valence-electron chi connectivity index (χ2n) is 6.14. The van der Waals surface area contributed by atoms with Crippen molar-refractivity contribution in [3.63, 3.8) is 0 Å². The lowest BCUT2D eigenvalue weighted by Gasteiger charge is -2.18. The lowest BCUT2D eigenvalue weighted by molar-refractivity contribution is -0.122. The number of likely N-dealkylation sites (N-methyl/N-ethyl adjacent to an activating group) is 1. The minimum atomic E-state index is -1.19. The largest absolute Gasteiger partial charge is 0.457 e. The van der Waals surface area contributed by atoms with E-state index in [1.165, 1.54) is 19.2 Å². The van der Waals surface area contributed by atoms with Crippen molar-refractivity contribution in [2.45, 2.75) is 6.04 Å². The summed E-state index contributed by atoms with van der Waals surface area (Å²) in [5.74, 6) is -2.24. The first-order valence-electron chi connectivity index (χ1n) is 8.78. The first kappa shape index (κ1) is 20.0. The van der Waals surface area contributed by atoms with Crippen LogP contribution in [-0.2, 0) is 4.79 Å². The Morgan fingerprint density at radius 2 is 1.59 bits per heavy atom. The fourth-order valence-corrected chi connectivity index (χ4v) is 2.68. The summed E-state index contributed by atoms with van der Waals surface area (Å²) in [7, 11) is 1.38. The van der Waals surface area contributed by atoms with Gasteiger partial charge in [-0.15, -0.1) is 0 Å². The van der Waals surface area contributed by atoms with Gasteiger partial charge in [0.25, 0.3) is 5.91 Å². The van der Waals surface area contributed by atoms with Crippen molar-refractivity contribution >= 4 is 11.8 Å². The Hall–Kier alpha value is -3.74. The topological polar surface area (TPSA) is 67.4 Å². The third kappa shape index (κ3) is 4.95. The Morgan fingerprint density at radius 1 is 0.862 bits per heavy atom. The van der Waals surface area contributed by atoms with E-state index in [4.69, 9.17) is 4.74 Å². The van der Waals surface area contributed by atoms with Crippen LogP contribution in [0.2, 0.25) is 0 Å². The maximum Gasteiger partial charge on any atom is 0.252 e. The van der Waals surface area contributed by atoms with Crippen LogP contribution in [0.3, 0.4) is 0 Å². The van der Waals surface area contributed by atoms with Gasteiger partial charge in [0.2, 0.25) is 5.91 Å². The SMILES string of the molecule is CNC(=O)C(NC(=O)c1cccc(Oc2ccccc2)c1)c1ccc(F)c(F)c1. The van der Waals surface area contributed by atoms with Crippen LogP contribution < -0.4 is 15.4 Å². The van der Waals surface area contributed by atoms with Gasteiger partial charge in [0, 0.05) is 12.6 Å². The molecule has 0 aliphatic heterocycles. The van der Waals surface area contributed by atoms with E-state index in [0.29, 0.717) is 11.5 Å². The molecule has 0 saturated carbocycles. The Bertz CT molecular complexity index is 1030. The van der Waals surface area contributed by atoms with Crippen LogP contribution >= 0.6 is 0 Å². The highest BCUT2D eigenvalue weighted by Crippen LogP contribution is 2.23. The maximum atomic E-state index is 13.6. The van der Waals surface area contributed by atoms with Crippen molar-refractivity contribution in [3.05, 3.63) is 95.6 Å². The van der Waals surface area contributed by atoms with E-state index >= 15 is 0 Å². The molecule has 148 valence electrons. The average Bonchev–Trinajstić information content (AvgIpc) is 2.74. The highest BCUT2D eigenvalue weighted by Gasteiger charge is 2.23. The average molecular weight is 396 g/mol. The van der Waals surface area contributed by atoms with E-state index < -0.39 is 29.5 Å². The Kier molecular flexibility index (Phi) is 6.19. The summed E-state index contributed by atoms with van der Waals surface area (Å²) in [5, 5.41) is 4.95. The van der Waals surface area contributed by atoms with Crippen LogP contribution in [0.5, 0.6) is 11.5 Å². The Labute approximate surface area is 166 Å². The maximum absolute atomic E-state index is 13.6. The first-order chi connectivity index (χ1) is 14.0. The smallest absolute Gasteiger partial charge is 0.252 e. The zero-order valence-electron chi connectivity index (χ0n) is 15.5. The van der Waals surface area contributed by atoms with Gasteiger partial charge < -0.3 is 15.4 Å². The molecule has 0 bridgehead atoms. The number of nitrogens with one attached hydrogen (secondary N) is 2. The number of hydrogen-bond acceptors (Lipinski definition) is 3. The molecule has 29 heavy (non-hydrogen) atoms. The summed E-state index contributed by atoms with van der Waals surface area (Å²) in [5.41, 5.74) is 0.364. The monoisotopic (exact) mass is 396 g/mol. The standard InChI is InChI=1S/C22H18F2N2O3/c1-25-22(28)20(14-10-11-18(23)19(24)13-14)26-21(27)15-6-5-9-17(12-15)29-16-7-3-2-4-8-16/h2-13,20H,1H3,(H,25,28)(H,26,27). The van der Waals surface area contributed by atoms with Crippen molar-refractivity contribution in [2.75, 3.05) is 7.05 Å². The molecule has 1 atom stereocenters. The van der Waals surface area contributed by atoms with Gasteiger partial charge in [-0.1, -0.05) is 30.3 Å². The number of benzene rings is 3. The van der Waals surface area contributed by atoms with E-state index in [0.717, 1.165) is 12.1 Å². The van der Waals surface area contributed by atoms with Crippen LogP contribution in [0.15, 0.2) is 72.8 Å². The minimum absolute atomic E-state index is 0.119. The molecule has 0 spiro atoms. The molecule has 1 unspecified atom stereocenters. The van der Waals surface area contributed by atoms with E-state index in [2.05, 4.69) is 10.6 Å². The Balaban J connectivity index is 1.81. The second kappa shape index (κ2) is 8.97. The fraction of sp³-hybridized carbons (Fsp3) is 0.0909. The summed E-state index contributed by atoms with van der Waals surface area (Å²) < 4.78 is 32.5. The lowest BCUT2D eigenvalue weighted by Crippen LogP contribution is -2.39. The van der Waals surface area contributed by atoms with Gasteiger partial charge in [-0.2, -0.15) is 0 Å². The fourth-order valence-electron chi connectivity index (χ4n) is 2.68. The zero-order chi connectivity index (χ0) is 20.8. The number of ether oxygens (including phenoxy) is 1. The second-order valence-corrected chi connectivity index (χ2v) is 6.14. The molecule has 0 saturated heterocycles. The van der Waals surface area contributed by atoms with E-state index in [9.17, 15) is 18.4 Å². The Morgan fingerprint density at radius 3 is 2.28 bits per heavy atom. The third-order valence-electron chi connectivity index (χ3n) is 4.14.